The van der Waals surface area contributed by atoms with Gasteiger partial charge in [-0.25, -0.2) is 0 Å². The number of ketones is 1. The zero-order chi connectivity index (χ0) is 13.6. The predicted octanol–water partition coefficient (Wildman–Crippen LogP) is 5.01. The van der Waals surface area contributed by atoms with Gasteiger partial charge in [0.2, 0.25) is 0 Å². The number of carbonyl (C=O) groups is 1. The van der Waals surface area contributed by atoms with Crippen molar-refractivity contribution in [2.24, 2.45) is 10.8 Å². The van der Waals surface area contributed by atoms with Crippen LogP contribution in [0.5, 0.6) is 0 Å². The first kappa shape index (κ1) is 17.8. The minimum atomic E-state index is -0.139. The number of allylic oxidation sites excluding steroid dienone is 1. The third kappa shape index (κ3) is 9.95. The maximum atomic E-state index is 10.5. The molecule has 96 valence electrons. The van der Waals surface area contributed by atoms with E-state index < -0.39 is 0 Å². The molecule has 0 saturated carbocycles. The lowest BCUT2D eigenvalue weighted by Gasteiger charge is -2.20. The molecule has 0 radical (unpaired) electrons. The van der Waals surface area contributed by atoms with E-state index in [0.717, 1.165) is 0 Å². The molecule has 0 aromatic carbocycles. The maximum Gasteiger partial charge on any atom is 0.135 e. The number of Topliss-reactive ketones (excluding diaryl/α,β-unsaturated/α-hetero) is 1. The minimum Gasteiger partial charge on any atom is -0.299 e. The molecule has 0 aromatic rings. The van der Waals surface area contributed by atoms with Crippen LogP contribution in [0.25, 0.3) is 0 Å². The van der Waals surface area contributed by atoms with Crippen LogP contribution >= 0.6 is 0 Å². The monoisotopic (exact) mass is 226 g/mol. The van der Waals surface area contributed by atoms with Crippen LogP contribution in [0.3, 0.4) is 0 Å². The van der Waals surface area contributed by atoms with E-state index in [1.807, 2.05) is 20.8 Å². The average Bonchev–Trinajstić information content (AvgIpc) is 2.02. The molecule has 0 aliphatic heterocycles. The Morgan fingerprint density at radius 3 is 1.38 bits per heavy atom. The van der Waals surface area contributed by atoms with Gasteiger partial charge in [0.25, 0.3) is 0 Å². The third-order valence-electron chi connectivity index (χ3n) is 2.67. The molecule has 0 aliphatic carbocycles. The maximum absolute atomic E-state index is 10.5. The van der Waals surface area contributed by atoms with Crippen LogP contribution < -0.4 is 0 Å². The Bertz CT molecular complexity index is 223. The van der Waals surface area contributed by atoms with Crippen molar-refractivity contribution in [2.45, 2.75) is 68.2 Å². The number of carbonyl (C=O) groups excluding carboxylic acids is 1. The number of hydrogen-bond donors (Lipinski definition) is 0. The van der Waals surface area contributed by atoms with Crippen molar-refractivity contribution in [3.05, 3.63) is 12.2 Å². The van der Waals surface area contributed by atoms with E-state index in [-0.39, 0.29) is 11.2 Å². The lowest BCUT2D eigenvalue weighted by molar-refractivity contribution is -0.124. The second-order valence-corrected chi connectivity index (χ2v) is 6.41. The molecule has 1 heteroatoms. The molecule has 0 N–H and O–H groups in total. The molecule has 0 fully saturated rings. The number of rotatable bonds is 2. The molecule has 0 rings (SSSR count). The van der Waals surface area contributed by atoms with Crippen molar-refractivity contribution in [1.82, 2.24) is 0 Å². The molecule has 0 heterocycles. The molecule has 0 unspecified atom stereocenters. The van der Waals surface area contributed by atoms with Crippen LogP contribution in [0.1, 0.15) is 68.2 Å². The Hall–Kier alpha value is -0.590. The summed E-state index contributed by atoms with van der Waals surface area (Å²) < 4.78 is 0. The smallest absolute Gasteiger partial charge is 0.135 e. The fourth-order valence-corrected chi connectivity index (χ4v) is 0.677. The highest BCUT2D eigenvalue weighted by Crippen LogP contribution is 2.26. The van der Waals surface area contributed by atoms with Gasteiger partial charge in [0.1, 0.15) is 5.78 Å². The third-order valence-corrected chi connectivity index (χ3v) is 2.67. The van der Waals surface area contributed by atoms with Crippen molar-refractivity contribution in [3.63, 3.8) is 0 Å². The van der Waals surface area contributed by atoms with Gasteiger partial charge in [-0.2, -0.15) is 0 Å². The van der Waals surface area contributed by atoms with E-state index in [0.29, 0.717) is 5.41 Å². The van der Waals surface area contributed by atoms with Crippen LogP contribution in [-0.4, -0.2) is 5.78 Å². The van der Waals surface area contributed by atoms with Crippen LogP contribution in [0.15, 0.2) is 12.2 Å². The quantitative estimate of drug-likeness (QED) is 0.605. The van der Waals surface area contributed by atoms with Crippen molar-refractivity contribution in [3.8, 4) is 0 Å². The Balaban J connectivity index is 0. The van der Waals surface area contributed by atoms with Gasteiger partial charge in [0.05, 0.1) is 0 Å². The van der Waals surface area contributed by atoms with Crippen LogP contribution in [0, 0.1) is 10.8 Å². The first-order valence-electron chi connectivity index (χ1n) is 6.12. The largest absolute Gasteiger partial charge is 0.299 e. The van der Waals surface area contributed by atoms with Crippen molar-refractivity contribution < 1.29 is 4.79 Å². The highest BCUT2D eigenvalue weighted by molar-refractivity contribution is 5.80. The van der Waals surface area contributed by atoms with E-state index >= 15 is 0 Å². The minimum absolute atomic E-state index is 0.139. The average molecular weight is 226 g/mol. The van der Waals surface area contributed by atoms with Gasteiger partial charge in [-0.05, 0) is 18.8 Å². The van der Waals surface area contributed by atoms with Gasteiger partial charge in [-0.3, -0.25) is 4.79 Å². The molecule has 0 amide bonds. The summed E-state index contributed by atoms with van der Waals surface area (Å²) in [5, 5.41) is 0. The summed E-state index contributed by atoms with van der Waals surface area (Å²) in [5.41, 5.74) is 1.54. The zero-order valence-electron chi connectivity index (χ0n) is 12.5. The first-order valence-corrected chi connectivity index (χ1v) is 6.12. The second-order valence-electron chi connectivity index (χ2n) is 6.41. The SMILES string of the molecule is C=C(CCC)C(C)(C)C.CC(=O)C(C)(C)C. The standard InChI is InChI=1S/C9H18.C6H12O/c1-6-7-8(2)9(3,4)5;1-5(7)6(2,3)4/h2,6-7H2,1,3-5H3;1-4H3. The van der Waals surface area contributed by atoms with E-state index in [1.165, 1.54) is 18.4 Å². The molecule has 16 heavy (non-hydrogen) atoms. The van der Waals surface area contributed by atoms with Gasteiger partial charge in [-0.1, -0.05) is 67.0 Å². The molecule has 0 atom stereocenters. The van der Waals surface area contributed by atoms with Gasteiger partial charge in [-0.15, -0.1) is 0 Å². The fourth-order valence-electron chi connectivity index (χ4n) is 0.677. The summed E-state index contributed by atoms with van der Waals surface area (Å²) in [6.45, 7) is 20.2. The molecule has 0 spiro atoms. The summed E-state index contributed by atoms with van der Waals surface area (Å²) in [4.78, 5) is 10.5. The summed E-state index contributed by atoms with van der Waals surface area (Å²) in [7, 11) is 0. The number of hydrogen-bond acceptors (Lipinski definition) is 1. The van der Waals surface area contributed by atoms with E-state index in [4.69, 9.17) is 0 Å². The normalized spacial score (nSPS) is 11.5. The molecule has 0 aliphatic rings. The Morgan fingerprint density at radius 1 is 1.00 bits per heavy atom. The highest BCUT2D eigenvalue weighted by atomic mass is 16.1. The van der Waals surface area contributed by atoms with E-state index in [9.17, 15) is 4.79 Å². The molecular weight excluding hydrogens is 196 g/mol. The van der Waals surface area contributed by atoms with E-state index in [1.54, 1.807) is 6.92 Å². The van der Waals surface area contributed by atoms with Crippen molar-refractivity contribution in [1.29, 1.82) is 0 Å². The van der Waals surface area contributed by atoms with Crippen LogP contribution in [0.2, 0.25) is 0 Å². The van der Waals surface area contributed by atoms with Gasteiger partial charge in [0, 0.05) is 5.41 Å². The van der Waals surface area contributed by atoms with Crippen molar-refractivity contribution in [2.75, 3.05) is 0 Å². The summed E-state index contributed by atoms with van der Waals surface area (Å²) >= 11 is 0. The summed E-state index contributed by atoms with van der Waals surface area (Å²) in [6.07, 6.45) is 2.39. The molecule has 1 nitrogen and oxygen atoms in total. The first-order chi connectivity index (χ1) is 6.92. The lowest BCUT2D eigenvalue weighted by Crippen LogP contribution is -2.15. The van der Waals surface area contributed by atoms with Gasteiger partial charge < -0.3 is 0 Å². The molecule has 0 saturated heterocycles. The predicted molar refractivity (Wildman–Crippen MR) is 73.6 cm³/mol. The topological polar surface area (TPSA) is 17.1 Å². The van der Waals surface area contributed by atoms with E-state index in [2.05, 4.69) is 34.3 Å². The molecule has 0 bridgehead atoms. The Kier molecular flexibility index (Phi) is 7.65. The summed E-state index contributed by atoms with van der Waals surface area (Å²) in [5.74, 6) is 0.243. The lowest BCUT2D eigenvalue weighted by atomic mass is 9.85. The van der Waals surface area contributed by atoms with Crippen molar-refractivity contribution >= 4 is 5.78 Å². The van der Waals surface area contributed by atoms with Crippen LogP contribution in [0.4, 0.5) is 0 Å². The molecular formula is C15H30O. The highest BCUT2D eigenvalue weighted by Gasteiger charge is 2.14. The van der Waals surface area contributed by atoms with Gasteiger partial charge >= 0.3 is 0 Å². The summed E-state index contributed by atoms with van der Waals surface area (Å²) in [6, 6.07) is 0. The van der Waals surface area contributed by atoms with Crippen LogP contribution in [-0.2, 0) is 4.79 Å². The molecule has 0 aromatic heterocycles. The second kappa shape index (κ2) is 6.88. The Morgan fingerprint density at radius 2 is 1.31 bits per heavy atom. The Labute approximate surface area is 102 Å². The van der Waals surface area contributed by atoms with Gasteiger partial charge in [0.15, 0.2) is 0 Å². The fraction of sp³-hybridized carbons (Fsp3) is 0.800. The zero-order valence-corrected chi connectivity index (χ0v) is 12.5.